The molecule has 0 bridgehead atoms. The fourth-order valence-corrected chi connectivity index (χ4v) is 2.13. The van der Waals surface area contributed by atoms with E-state index < -0.39 is 10.9 Å². The maximum absolute atomic E-state index is 10.9. The lowest BCUT2D eigenvalue weighted by molar-refractivity contribution is -0.385. The first-order valence-electron chi connectivity index (χ1n) is 6.43. The molecule has 6 nitrogen and oxygen atoms in total. The van der Waals surface area contributed by atoms with E-state index in [-0.39, 0.29) is 5.69 Å². The van der Waals surface area contributed by atoms with Crippen LogP contribution in [0.3, 0.4) is 0 Å². The van der Waals surface area contributed by atoms with Crippen LogP contribution in [0.25, 0.3) is 6.08 Å². The van der Waals surface area contributed by atoms with Gasteiger partial charge in [-0.3, -0.25) is 15.1 Å². The van der Waals surface area contributed by atoms with Crippen molar-refractivity contribution in [3.05, 3.63) is 74.3 Å². The number of benzene rings is 2. The van der Waals surface area contributed by atoms with Gasteiger partial charge in [0, 0.05) is 12.3 Å². The van der Waals surface area contributed by atoms with Crippen molar-refractivity contribution in [3.8, 4) is 0 Å². The van der Waals surface area contributed by atoms with Crippen LogP contribution < -0.4 is 5.11 Å². The third-order valence-corrected chi connectivity index (χ3v) is 3.51. The van der Waals surface area contributed by atoms with E-state index in [0.29, 0.717) is 21.3 Å². The van der Waals surface area contributed by atoms with Crippen molar-refractivity contribution >= 4 is 45.6 Å². The predicted octanol–water partition coefficient (Wildman–Crippen LogP) is 2.87. The maximum Gasteiger partial charge on any atom is 0.284 e. The average Bonchev–Trinajstić information content (AvgIpc) is 2.52. The standard InChI is InChI=1S/C16H11BrN2O4/c17-14-7-3-12(9-15(14)19(22)23)10-18-13-5-1-11(2-6-13)4-8-16(20)21/h1-10H,(H,20,21)/p-1/b8-4+,18-10?. The van der Waals surface area contributed by atoms with Gasteiger partial charge in [0.2, 0.25) is 0 Å². The summed E-state index contributed by atoms with van der Waals surface area (Å²) in [6.07, 6.45) is 3.88. The van der Waals surface area contributed by atoms with Crippen LogP contribution in [0, 0.1) is 10.1 Å². The summed E-state index contributed by atoms with van der Waals surface area (Å²) in [4.78, 5) is 25.0. The molecule has 0 aliphatic heterocycles. The van der Waals surface area contributed by atoms with Crippen LogP contribution in [-0.2, 0) is 4.79 Å². The second kappa shape index (κ2) is 7.46. The van der Waals surface area contributed by atoms with Crippen LogP contribution in [0.5, 0.6) is 0 Å². The molecule has 0 saturated heterocycles. The molecule has 0 N–H and O–H groups in total. The van der Waals surface area contributed by atoms with Crippen molar-refractivity contribution in [2.75, 3.05) is 0 Å². The van der Waals surface area contributed by atoms with Crippen molar-refractivity contribution in [3.63, 3.8) is 0 Å². The SMILES string of the molecule is O=C([O-])/C=C/c1ccc(N=Cc2ccc(Br)c([N+](=O)[O-])c2)cc1. The molecule has 0 spiro atoms. The minimum absolute atomic E-state index is 0.0308. The Morgan fingerprint density at radius 2 is 1.78 bits per heavy atom. The third-order valence-electron chi connectivity index (χ3n) is 2.83. The van der Waals surface area contributed by atoms with Crippen LogP contribution in [0.15, 0.2) is 58.0 Å². The molecule has 0 aliphatic rings. The summed E-state index contributed by atoms with van der Waals surface area (Å²) in [6, 6.07) is 11.5. The van der Waals surface area contributed by atoms with E-state index in [1.807, 2.05) is 0 Å². The molecule has 0 saturated carbocycles. The largest absolute Gasteiger partial charge is 0.545 e. The third kappa shape index (κ3) is 4.86. The van der Waals surface area contributed by atoms with E-state index in [0.717, 1.165) is 6.08 Å². The van der Waals surface area contributed by atoms with Crippen LogP contribution in [0.4, 0.5) is 11.4 Å². The Balaban J connectivity index is 2.16. The molecule has 0 unspecified atom stereocenters. The Hall–Kier alpha value is -2.80. The number of carboxylic acid groups (broad SMARTS) is 1. The van der Waals surface area contributed by atoms with Gasteiger partial charge in [0.15, 0.2) is 0 Å². The van der Waals surface area contributed by atoms with Crippen LogP contribution >= 0.6 is 15.9 Å². The lowest BCUT2D eigenvalue weighted by Crippen LogP contribution is -2.18. The quantitative estimate of drug-likeness (QED) is 0.348. The van der Waals surface area contributed by atoms with E-state index in [2.05, 4.69) is 20.9 Å². The summed E-state index contributed by atoms with van der Waals surface area (Å²) in [5.41, 5.74) is 1.91. The smallest absolute Gasteiger partial charge is 0.284 e. The Kier molecular flexibility index (Phi) is 5.37. The Labute approximate surface area is 140 Å². The van der Waals surface area contributed by atoms with E-state index in [1.54, 1.807) is 36.4 Å². The van der Waals surface area contributed by atoms with Crippen molar-refractivity contribution < 1.29 is 14.8 Å². The topological polar surface area (TPSA) is 95.6 Å². The molecule has 0 aliphatic carbocycles. The molecule has 0 atom stereocenters. The molecular formula is C16H10BrN2O4-. The summed E-state index contributed by atoms with van der Waals surface area (Å²) in [7, 11) is 0. The van der Waals surface area contributed by atoms with E-state index in [4.69, 9.17) is 0 Å². The second-order valence-electron chi connectivity index (χ2n) is 4.47. The highest BCUT2D eigenvalue weighted by molar-refractivity contribution is 9.10. The van der Waals surface area contributed by atoms with Crippen LogP contribution in [0.1, 0.15) is 11.1 Å². The monoisotopic (exact) mass is 373 g/mol. The van der Waals surface area contributed by atoms with Gasteiger partial charge in [-0.1, -0.05) is 24.3 Å². The van der Waals surface area contributed by atoms with E-state index in [1.165, 1.54) is 18.4 Å². The first-order valence-corrected chi connectivity index (χ1v) is 7.22. The number of aliphatic carboxylic acids is 1. The number of carbonyl (C=O) groups excluding carboxylic acids is 1. The zero-order valence-electron chi connectivity index (χ0n) is 11.7. The van der Waals surface area contributed by atoms with Gasteiger partial charge in [0.1, 0.15) is 0 Å². The first-order chi connectivity index (χ1) is 11.0. The van der Waals surface area contributed by atoms with Crippen LogP contribution in [0.2, 0.25) is 0 Å². The molecule has 0 amide bonds. The van der Waals surface area contributed by atoms with Crippen LogP contribution in [-0.4, -0.2) is 17.1 Å². The average molecular weight is 374 g/mol. The highest BCUT2D eigenvalue weighted by Gasteiger charge is 2.11. The zero-order valence-corrected chi connectivity index (χ0v) is 13.3. The van der Waals surface area contributed by atoms with Gasteiger partial charge in [0.05, 0.1) is 21.1 Å². The first kappa shape index (κ1) is 16.6. The van der Waals surface area contributed by atoms with Gasteiger partial charge in [-0.2, -0.15) is 0 Å². The van der Waals surface area contributed by atoms with Crippen molar-refractivity contribution in [2.45, 2.75) is 0 Å². The normalized spacial score (nSPS) is 11.2. The number of rotatable bonds is 5. The number of halogens is 1. The molecule has 2 aromatic carbocycles. The summed E-state index contributed by atoms with van der Waals surface area (Å²) >= 11 is 3.12. The summed E-state index contributed by atoms with van der Waals surface area (Å²) in [5.74, 6) is -1.26. The fraction of sp³-hybridized carbons (Fsp3) is 0. The summed E-state index contributed by atoms with van der Waals surface area (Å²) < 4.78 is 0.406. The number of hydrogen-bond acceptors (Lipinski definition) is 5. The van der Waals surface area contributed by atoms with E-state index in [9.17, 15) is 20.0 Å². The number of hydrogen-bond donors (Lipinski definition) is 0. The van der Waals surface area contributed by atoms with Crippen molar-refractivity contribution in [1.29, 1.82) is 0 Å². The predicted molar refractivity (Wildman–Crippen MR) is 88.5 cm³/mol. The minimum Gasteiger partial charge on any atom is -0.545 e. The molecule has 116 valence electrons. The molecule has 0 aromatic heterocycles. The summed E-state index contributed by atoms with van der Waals surface area (Å²) in [6.45, 7) is 0. The van der Waals surface area contributed by atoms with Crippen molar-refractivity contribution in [1.82, 2.24) is 0 Å². The maximum atomic E-state index is 10.9. The fourth-order valence-electron chi connectivity index (χ4n) is 1.73. The van der Waals surface area contributed by atoms with Gasteiger partial charge < -0.3 is 9.90 Å². The van der Waals surface area contributed by atoms with Gasteiger partial charge in [0.25, 0.3) is 5.69 Å². The Morgan fingerprint density at radius 1 is 1.13 bits per heavy atom. The highest BCUT2D eigenvalue weighted by atomic mass is 79.9. The van der Waals surface area contributed by atoms with Gasteiger partial charge >= 0.3 is 0 Å². The molecule has 0 radical (unpaired) electrons. The lowest BCUT2D eigenvalue weighted by Gasteiger charge is -1.98. The minimum atomic E-state index is -1.26. The van der Waals surface area contributed by atoms with Gasteiger partial charge in [-0.25, -0.2) is 0 Å². The molecule has 0 fully saturated rings. The second-order valence-corrected chi connectivity index (χ2v) is 5.32. The number of nitrogens with zero attached hydrogens (tertiary/aromatic N) is 2. The van der Waals surface area contributed by atoms with Crippen molar-refractivity contribution in [2.24, 2.45) is 4.99 Å². The molecule has 0 heterocycles. The summed E-state index contributed by atoms with van der Waals surface area (Å²) in [5, 5.41) is 21.2. The lowest BCUT2D eigenvalue weighted by atomic mass is 10.2. The Bertz CT molecular complexity index is 798. The van der Waals surface area contributed by atoms with Gasteiger partial charge in [-0.15, -0.1) is 0 Å². The molecule has 2 aromatic rings. The number of carboxylic acids is 1. The number of nitro groups is 1. The highest BCUT2D eigenvalue weighted by Crippen LogP contribution is 2.25. The number of aliphatic imine (C=N–C) groups is 1. The molecule has 7 heteroatoms. The number of nitro benzene ring substituents is 1. The zero-order chi connectivity index (χ0) is 16.8. The Morgan fingerprint density at radius 3 is 2.39 bits per heavy atom. The molecule has 2 rings (SSSR count). The van der Waals surface area contributed by atoms with Gasteiger partial charge in [-0.05, 0) is 51.3 Å². The molecular weight excluding hydrogens is 364 g/mol. The molecule has 23 heavy (non-hydrogen) atoms. The number of carbonyl (C=O) groups is 1. The van der Waals surface area contributed by atoms with E-state index >= 15 is 0 Å².